The molecule has 1 N–H and O–H groups in total. The third-order valence-corrected chi connectivity index (χ3v) is 6.86. The van der Waals surface area contributed by atoms with Crippen LogP contribution in [0.3, 0.4) is 0 Å². The van der Waals surface area contributed by atoms with Crippen molar-refractivity contribution in [2.45, 2.75) is 13.8 Å². The maximum absolute atomic E-state index is 13.7. The number of hydrogen-bond acceptors (Lipinski definition) is 6. The number of nitrogens with zero attached hydrogens (tertiary/aromatic N) is 3. The van der Waals surface area contributed by atoms with Crippen LogP contribution >= 0.6 is 0 Å². The third-order valence-electron chi connectivity index (χ3n) is 6.86. The molecule has 0 fully saturated rings. The maximum atomic E-state index is 13.7. The van der Waals surface area contributed by atoms with E-state index < -0.39 is 22.7 Å². The van der Waals surface area contributed by atoms with Gasteiger partial charge in [-0.15, -0.1) is 0 Å². The molecule has 190 valence electrons. The normalized spacial score (nSPS) is 12.6. The Morgan fingerprint density at radius 2 is 1.55 bits per heavy atom. The molecule has 0 aromatic heterocycles. The zero-order chi connectivity index (χ0) is 27.1. The molecule has 1 heterocycles. The SMILES string of the molecule is CCN(CC)c1ccc(N2C(=O)c3cccc4c(-c5ccc(C(=O)O)cc5)c([N+](=O)[O-])cc(c34)C2=O)cc1. The lowest BCUT2D eigenvalue weighted by Gasteiger charge is -2.28. The van der Waals surface area contributed by atoms with Crippen molar-refractivity contribution in [1.82, 2.24) is 0 Å². The quantitative estimate of drug-likeness (QED) is 0.191. The minimum atomic E-state index is -1.12. The second-order valence-electron chi connectivity index (χ2n) is 8.82. The van der Waals surface area contributed by atoms with Crippen molar-refractivity contribution in [2.75, 3.05) is 22.9 Å². The first kappa shape index (κ1) is 24.6. The van der Waals surface area contributed by atoms with Crippen LogP contribution in [0.2, 0.25) is 0 Å². The van der Waals surface area contributed by atoms with Crippen LogP contribution in [0.4, 0.5) is 17.1 Å². The van der Waals surface area contributed by atoms with Crippen LogP contribution in [0.5, 0.6) is 0 Å². The first-order chi connectivity index (χ1) is 18.3. The Morgan fingerprint density at radius 1 is 0.921 bits per heavy atom. The van der Waals surface area contributed by atoms with Gasteiger partial charge in [0.1, 0.15) is 0 Å². The lowest BCUT2D eigenvalue weighted by atomic mass is 9.87. The number of anilines is 2. The third kappa shape index (κ3) is 3.85. The number of nitro groups is 1. The average Bonchev–Trinajstić information content (AvgIpc) is 2.92. The standard InChI is InChI=1S/C29H23N3O6/c1-3-30(4-2)19-12-14-20(15-13-19)31-27(33)22-7-5-6-21-25(17-8-10-18(11-9-17)29(35)36)24(32(37)38)16-23(26(21)22)28(31)34/h5-16H,3-4H2,1-2H3,(H,35,36). The number of hydrogen-bond donors (Lipinski definition) is 1. The van der Waals surface area contributed by atoms with Crippen LogP contribution in [-0.4, -0.2) is 40.9 Å². The van der Waals surface area contributed by atoms with Gasteiger partial charge in [0.25, 0.3) is 17.5 Å². The van der Waals surface area contributed by atoms with Crippen molar-refractivity contribution >= 4 is 45.6 Å². The molecule has 1 aliphatic rings. The summed E-state index contributed by atoms with van der Waals surface area (Å²) in [6.45, 7) is 5.68. The summed E-state index contributed by atoms with van der Waals surface area (Å²) >= 11 is 0. The van der Waals surface area contributed by atoms with Crippen LogP contribution in [0.25, 0.3) is 21.9 Å². The lowest BCUT2D eigenvalue weighted by molar-refractivity contribution is -0.384. The molecule has 4 aromatic rings. The van der Waals surface area contributed by atoms with Gasteiger partial charge in [-0.05, 0) is 67.3 Å². The number of nitro benzene ring substituents is 1. The predicted octanol–water partition coefficient (Wildman–Crippen LogP) is 5.76. The summed E-state index contributed by atoms with van der Waals surface area (Å²) in [4.78, 5) is 53.4. The first-order valence-corrected chi connectivity index (χ1v) is 12.1. The summed E-state index contributed by atoms with van der Waals surface area (Å²) < 4.78 is 0. The van der Waals surface area contributed by atoms with Crippen molar-refractivity contribution in [3.05, 3.63) is 99.6 Å². The Bertz CT molecular complexity index is 1620. The molecule has 0 aliphatic carbocycles. The van der Waals surface area contributed by atoms with E-state index in [1.165, 1.54) is 30.3 Å². The number of imide groups is 1. The number of rotatable bonds is 7. The monoisotopic (exact) mass is 509 g/mol. The molecular weight excluding hydrogens is 486 g/mol. The number of benzene rings is 4. The average molecular weight is 510 g/mol. The van der Waals surface area contributed by atoms with E-state index >= 15 is 0 Å². The van der Waals surface area contributed by atoms with Gasteiger partial charge >= 0.3 is 5.97 Å². The van der Waals surface area contributed by atoms with Gasteiger partial charge in [0.2, 0.25) is 0 Å². The number of amides is 2. The summed E-state index contributed by atoms with van der Waals surface area (Å²) in [6.07, 6.45) is 0. The number of carbonyl (C=O) groups is 3. The fraction of sp³-hybridized carbons (Fsp3) is 0.138. The summed E-state index contributed by atoms with van der Waals surface area (Å²) in [5.74, 6) is -2.29. The minimum absolute atomic E-state index is 0.0344. The van der Waals surface area contributed by atoms with E-state index in [1.807, 2.05) is 26.0 Å². The number of aromatic carboxylic acids is 1. The van der Waals surface area contributed by atoms with Crippen molar-refractivity contribution in [2.24, 2.45) is 0 Å². The molecule has 0 saturated heterocycles. The van der Waals surface area contributed by atoms with Gasteiger partial charge in [-0.1, -0.05) is 24.3 Å². The van der Waals surface area contributed by atoms with Crippen molar-refractivity contribution < 1.29 is 24.4 Å². The van der Waals surface area contributed by atoms with Crippen LogP contribution in [0.1, 0.15) is 44.9 Å². The van der Waals surface area contributed by atoms with Gasteiger partial charge in [0.15, 0.2) is 0 Å². The summed E-state index contributed by atoms with van der Waals surface area (Å²) in [6, 6.07) is 18.8. The Kier molecular flexibility index (Phi) is 6.12. The maximum Gasteiger partial charge on any atom is 0.335 e. The molecule has 9 heteroatoms. The Balaban J connectivity index is 1.69. The Hall–Kier alpha value is -5.05. The highest BCUT2D eigenvalue weighted by atomic mass is 16.6. The highest BCUT2D eigenvalue weighted by Gasteiger charge is 2.37. The van der Waals surface area contributed by atoms with Gasteiger partial charge in [0, 0.05) is 35.8 Å². The molecule has 0 radical (unpaired) electrons. The summed E-state index contributed by atoms with van der Waals surface area (Å²) in [5.41, 5.74) is 1.97. The molecule has 38 heavy (non-hydrogen) atoms. The van der Waals surface area contributed by atoms with Crippen LogP contribution in [-0.2, 0) is 0 Å². The molecule has 0 atom stereocenters. The molecule has 0 spiro atoms. The zero-order valence-corrected chi connectivity index (χ0v) is 20.7. The molecule has 2 amide bonds. The van der Waals surface area contributed by atoms with Crippen LogP contribution in [0.15, 0.2) is 72.8 Å². The molecule has 0 saturated carbocycles. The van der Waals surface area contributed by atoms with E-state index in [0.717, 1.165) is 23.7 Å². The predicted molar refractivity (Wildman–Crippen MR) is 144 cm³/mol. The highest BCUT2D eigenvalue weighted by Crippen LogP contribution is 2.43. The zero-order valence-electron chi connectivity index (χ0n) is 20.7. The van der Waals surface area contributed by atoms with Crippen molar-refractivity contribution in [1.29, 1.82) is 0 Å². The molecule has 0 unspecified atom stereocenters. The van der Waals surface area contributed by atoms with Crippen molar-refractivity contribution in [3.8, 4) is 11.1 Å². The van der Waals surface area contributed by atoms with Gasteiger partial charge in [-0.2, -0.15) is 0 Å². The van der Waals surface area contributed by atoms with E-state index in [1.54, 1.807) is 30.3 Å². The Morgan fingerprint density at radius 3 is 2.13 bits per heavy atom. The van der Waals surface area contributed by atoms with Gasteiger partial charge in [-0.3, -0.25) is 19.7 Å². The Labute approximate surface area is 217 Å². The largest absolute Gasteiger partial charge is 0.478 e. The minimum Gasteiger partial charge on any atom is -0.478 e. The van der Waals surface area contributed by atoms with Gasteiger partial charge in [-0.25, -0.2) is 9.69 Å². The molecule has 4 aromatic carbocycles. The smallest absolute Gasteiger partial charge is 0.335 e. The van der Waals surface area contributed by atoms with Gasteiger partial charge in [0.05, 0.1) is 27.3 Å². The fourth-order valence-corrected chi connectivity index (χ4v) is 5.01. The summed E-state index contributed by atoms with van der Waals surface area (Å²) in [7, 11) is 0. The first-order valence-electron chi connectivity index (χ1n) is 12.1. The van der Waals surface area contributed by atoms with Crippen molar-refractivity contribution in [3.63, 3.8) is 0 Å². The van der Waals surface area contributed by atoms with Gasteiger partial charge < -0.3 is 10.0 Å². The van der Waals surface area contributed by atoms with Crippen LogP contribution < -0.4 is 9.80 Å². The van der Waals surface area contributed by atoms with E-state index in [4.69, 9.17) is 0 Å². The molecule has 5 rings (SSSR count). The second-order valence-corrected chi connectivity index (χ2v) is 8.82. The topological polar surface area (TPSA) is 121 Å². The number of carboxylic acids is 1. The van der Waals surface area contributed by atoms with E-state index in [2.05, 4.69) is 4.90 Å². The van der Waals surface area contributed by atoms with E-state index in [9.17, 15) is 29.6 Å². The molecular formula is C29H23N3O6. The molecule has 0 bridgehead atoms. The van der Waals surface area contributed by atoms with E-state index in [-0.39, 0.29) is 27.9 Å². The summed E-state index contributed by atoms with van der Waals surface area (Å²) in [5, 5.41) is 22.1. The molecule has 1 aliphatic heterocycles. The lowest BCUT2D eigenvalue weighted by Crippen LogP contribution is -2.40. The number of carbonyl (C=O) groups excluding carboxylic acids is 2. The second kappa shape index (κ2) is 9.44. The number of carboxylic acid groups (broad SMARTS) is 1. The highest BCUT2D eigenvalue weighted by molar-refractivity contribution is 6.37. The van der Waals surface area contributed by atoms with E-state index in [0.29, 0.717) is 22.0 Å². The van der Waals surface area contributed by atoms with Crippen LogP contribution in [0, 0.1) is 10.1 Å². The molecule has 9 nitrogen and oxygen atoms in total. The fourth-order valence-electron chi connectivity index (χ4n) is 5.01.